The lowest BCUT2D eigenvalue weighted by Gasteiger charge is -2.12. The van der Waals surface area contributed by atoms with Crippen LogP contribution in [0, 0.1) is 6.92 Å². The molecule has 0 bridgehead atoms. The third-order valence-corrected chi connectivity index (χ3v) is 6.69. The predicted molar refractivity (Wildman–Crippen MR) is 139 cm³/mol. The number of aliphatic carboxylic acids is 1. The monoisotopic (exact) mass is 464 g/mol. The molecule has 1 fully saturated rings. The molecule has 35 heavy (non-hydrogen) atoms. The molecule has 1 heterocycles. The summed E-state index contributed by atoms with van der Waals surface area (Å²) < 4.78 is 5.68. The molecule has 5 rings (SSSR count). The van der Waals surface area contributed by atoms with E-state index in [1.807, 2.05) is 61.5 Å². The Balaban J connectivity index is 1.32. The molecule has 1 unspecified atom stereocenters. The molecule has 3 aromatic carbocycles. The van der Waals surface area contributed by atoms with E-state index in [0.29, 0.717) is 18.6 Å². The topological polar surface area (TPSA) is 75.4 Å². The zero-order valence-corrected chi connectivity index (χ0v) is 19.9. The maximum absolute atomic E-state index is 11.6. The molecule has 1 saturated carbocycles. The van der Waals surface area contributed by atoms with E-state index >= 15 is 0 Å². The summed E-state index contributed by atoms with van der Waals surface area (Å²) in [7, 11) is 0. The molecule has 0 saturated heterocycles. The molecule has 0 spiro atoms. The van der Waals surface area contributed by atoms with Crippen LogP contribution in [0.15, 0.2) is 89.5 Å². The second-order valence-electron chi connectivity index (χ2n) is 9.22. The van der Waals surface area contributed by atoms with Crippen molar-refractivity contribution in [2.75, 3.05) is 5.32 Å². The largest absolute Gasteiger partial charge is 0.481 e. The third-order valence-electron chi connectivity index (χ3n) is 6.69. The van der Waals surface area contributed by atoms with Crippen molar-refractivity contribution in [3.8, 4) is 22.5 Å². The summed E-state index contributed by atoms with van der Waals surface area (Å²) in [6, 6.07) is 26.3. The number of carboxylic acid groups (broad SMARTS) is 1. The average molecular weight is 465 g/mol. The highest BCUT2D eigenvalue weighted by atomic mass is 16.5. The van der Waals surface area contributed by atoms with Gasteiger partial charge in [-0.3, -0.25) is 4.79 Å². The van der Waals surface area contributed by atoms with Crippen molar-refractivity contribution in [2.45, 2.75) is 38.1 Å². The van der Waals surface area contributed by atoms with Crippen molar-refractivity contribution in [3.63, 3.8) is 0 Å². The molecule has 1 aromatic heterocycles. The molecule has 5 heteroatoms. The number of carboxylic acids is 1. The van der Waals surface area contributed by atoms with Gasteiger partial charge in [-0.2, -0.15) is 0 Å². The Morgan fingerprint density at radius 1 is 0.971 bits per heavy atom. The lowest BCUT2D eigenvalue weighted by Crippen LogP contribution is -2.19. The number of benzene rings is 3. The molecule has 1 aliphatic carbocycles. The molecular weight excluding hydrogens is 436 g/mol. The van der Waals surface area contributed by atoms with Gasteiger partial charge in [0, 0.05) is 11.6 Å². The fourth-order valence-corrected chi connectivity index (χ4v) is 4.38. The van der Waals surface area contributed by atoms with Crippen molar-refractivity contribution < 1.29 is 14.4 Å². The second-order valence-corrected chi connectivity index (χ2v) is 9.22. The Hall–Kier alpha value is -4.12. The van der Waals surface area contributed by atoms with Crippen LogP contribution in [-0.2, 0) is 10.2 Å². The van der Waals surface area contributed by atoms with Gasteiger partial charge in [-0.15, -0.1) is 0 Å². The van der Waals surface area contributed by atoms with Gasteiger partial charge in [0.2, 0.25) is 0 Å². The number of hydrogen-bond donors (Lipinski definition) is 2. The standard InChI is InChI=1S/C30H28N2O3/c1-20(8-9-22-6-4-3-5-7-22)31-27-21(2)32-35-28(27)25-12-10-23(11-13-25)24-14-16-26(17-15-24)30(18-19-30)29(33)34/h3-17,20,31H,18-19H2,1-2H3,(H,33,34). The Bertz CT molecular complexity index is 1350. The summed E-state index contributed by atoms with van der Waals surface area (Å²) in [6.07, 6.45) is 5.64. The summed E-state index contributed by atoms with van der Waals surface area (Å²) in [6.45, 7) is 4.03. The highest BCUT2D eigenvalue weighted by molar-refractivity contribution is 5.85. The van der Waals surface area contributed by atoms with Crippen molar-refractivity contribution in [2.24, 2.45) is 0 Å². The minimum absolute atomic E-state index is 0.0883. The molecule has 0 aliphatic heterocycles. The van der Waals surface area contributed by atoms with Crippen LogP contribution in [0.4, 0.5) is 5.69 Å². The summed E-state index contributed by atoms with van der Waals surface area (Å²) >= 11 is 0. The first-order valence-corrected chi connectivity index (χ1v) is 11.9. The van der Waals surface area contributed by atoms with Crippen LogP contribution in [0.1, 0.15) is 36.6 Å². The molecule has 5 nitrogen and oxygen atoms in total. The van der Waals surface area contributed by atoms with E-state index in [-0.39, 0.29) is 6.04 Å². The van der Waals surface area contributed by atoms with E-state index in [1.165, 1.54) is 0 Å². The number of nitrogens with zero attached hydrogens (tertiary/aromatic N) is 1. The molecule has 0 amide bonds. The molecule has 1 atom stereocenters. The Morgan fingerprint density at radius 2 is 1.57 bits per heavy atom. The summed E-state index contributed by atoms with van der Waals surface area (Å²) in [5.74, 6) is -0.0206. The van der Waals surface area contributed by atoms with Gasteiger partial charge in [-0.05, 0) is 48.9 Å². The maximum atomic E-state index is 11.6. The summed E-state index contributed by atoms with van der Waals surface area (Å²) in [5, 5.41) is 17.2. The van der Waals surface area contributed by atoms with Gasteiger partial charge >= 0.3 is 5.97 Å². The van der Waals surface area contributed by atoms with Crippen molar-refractivity contribution in [3.05, 3.63) is 102 Å². The van der Waals surface area contributed by atoms with Crippen LogP contribution in [0.2, 0.25) is 0 Å². The van der Waals surface area contributed by atoms with E-state index in [9.17, 15) is 9.90 Å². The van der Waals surface area contributed by atoms with Crippen LogP contribution in [0.25, 0.3) is 28.5 Å². The van der Waals surface area contributed by atoms with Crippen LogP contribution < -0.4 is 5.32 Å². The van der Waals surface area contributed by atoms with Gasteiger partial charge in [-0.25, -0.2) is 0 Å². The van der Waals surface area contributed by atoms with E-state index < -0.39 is 11.4 Å². The number of hydrogen-bond acceptors (Lipinski definition) is 4. The fraction of sp³-hybridized carbons (Fsp3) is 0.200. The van der Waals surface area contributed by atoms with Crippen LogP contribution in [0.5, 0.6) is 0 Å². The number of carbonyl (C=O) groups is 1. The quantitative estimate of drug-likeness (QED) is 0.295. The minimum atomic E-state index is -0.730. The van der Waals surface area contributed by atoms with Crippen LogP contribution in [-0.4, -0.2) is 22.3 Å². The van der Waals surface area contributed by atoms with Gasteiger partial charge in [-0.1, -0.05) is 96.2 Å². The van der Waals surface area contributed by atoms with Gasteiger partial charge < -0.3 is 14.9 Å². The second kappa shape index (κ2) is 9.26. The lowest BCUT2D eigenvalue weighted by atomic mass is 9.93. The van der Waals surface area contributed by atoms with E-state index in [0.717, 1.165) is 39.2 Å². The molecule has 2 N–H and O–H groups in total. The number of rotatable bonds is 8. The molecule has 176 valence electrons. The molecule has 0 radical (unpaired) electrons. The fourth-order valence-electron chi connectivity index (χ4n) is 4.38. The molecule has 1 aliphatic rings. The number of nitrogens with one attached hydrogen (secondary N) is 1. The minimum Gasteiger partial charge on any atom is -0.481 e. The Morgan fingerprint density at radius 3 is 2.17 bits per heavy atom. The number of anilines is 1. The van der Waals surface area contributed by atoms with Crippen LogP contribution >= 0.6 is 0 Å². The Kier molecular flexibility index (Phi) is 6.00. The third kappa shape index (κ3) is 4.62. The normalized spacial score (nSPS) is 15.1. The summed E-state index contributed by atoms with van der Waals surface area (Å²) in [5.41, 5.74) is 6.11. The first-order chi connectivity index (χ1) is 17.0. The van der Waals surface area contributed by atoms with Gasteiger partial charge in [0.25, 0.3) is 0 Å². The number of aryl methyl sites for hydroxylation is 1. The number of aromatic nitrogens is 1. The van der Waals surface area contributed by atoms with Crippen molar-refractivity contribution >= 4 is 17.7 Å². The van der Waals surface area contributed by atoms with Crippen molar-refractivity contribution in [1.82, 2.24) is 5.16 Å². The molecular formula is C30H28N2O3. The maximum Gasteiger partial charge on any atom is 0.314 e. The van der Waals surface area contributed by atoms with Gasteiger partial charge in [0.1, 0.15) is 11.4 Å². The molecule has 4 aromatic rings. The van der Waals surface area contributed by atoms with E-state index in [1.54, 1.807) is 0 Å². The zero-order valence-electron chi connectivity index (χ0n) is 19.9. The Labute approximate surface area is 205 Å². The first kappa shape index (κ1) is 22.7. The van der Waals surface area contributed by atoms with Crippen LogP contribution in [0.3, 0.4) is 0 Å². The van der Waals surface area contributed by atoms with E-state index in [4.69, 9.17) is 4.52 Å². The van der Waals surface area contributed by atoms with E-state index in [2.05, 4.69) is 53.8 Å². The lowest BCUT2D eigenvalue weighted by molar-refractivity contribution is -0.140. The van der Waals surface area contributed by atoms with Gasteiger partial charge in [0.05, 0.1) is 5.41 Å². The average Bonchev–Trinajstić information content (AvgIpc) is 3.63. The predicted octanol–water partition coefficient (Wildman–Crippen LogP) is 6.95. The SMILES string of the molecule is Cc1noc(-c2ccc(-c3ccc(C4(C(=O)O)CC4)cc3)cc2)c1NC(C)C=Cc1ccccc1. The highest BCUT2D eigenvalue weighted by Crippen LogP contribution is 2.48. The zero-order chi connectivity index (χ0) is 24.4. The summed E-state index contributed by atoms with van der Waals surface area (Å²) in [4.78, 5) is 11.6. The van der Waals surface area contributed by atoms with Crippen molar-refractivity contribution in [1.29, 1.82) is 0 Å². The first-order valence-electron chi connectivity index (χ1n) is 11.9. The smallest absolute Gasteiger partial charge is 0.314 e. The van der Waals surface area contributed by atoms with Gasteiger partial charge in [0.15, 0.2) is 5.76 Å². The highest BCUT2D eigenvalue weighted by Gasteiger charge is 2.51.